The first-order valence-corrected chi connectivity index (χ1v) is 5.89. The largest absolute Gasteiger partial charge is 0.368 e. The summed E-state index contributed by atoms with van der Waals surface area (Å²) < 4.78 is 6.08. The number of ether oxygens (including phenoxy) is 1. The Bertz CT molecular complexity index is 214. The van der Waals surface area contributed by atoms with Crippen LogP contribution in [-0.4, -0.2) is 42.3 Å². The number of rotatable bonds is 4. The Balaban J connectivity index is 2.61. The van der Waals surface area contributed by atoms with E-state index in [2.05, 4.69) is 39.6 Å². The fourth-order valence-corrected chi connectivity index (χ4v) is 2.72. The van der Waals surface area contributed by atoms with Crippen LogP contribution < -0.4 is 5.73 Å². The number of hydrogen-bond acceptors (Lipinski definition) is 3. The van der Waals surface area contributed by atoms with Gasteiger partial charge in [-0.25, -0.2) is 0 Å². The smallest absolute Gasteiger partial charge is 0.0789 e. The van der Waals surface area contributed by atoms with E-state index < -0.39 is 0 Å². The fraction of sp³-hybridized carbons (Fsp3) is 1.00. The average Bonchev–Trinajstić information content (AvgIpc) is 2.30. The van der Waals surface area contributed by atoms with E-state index in [9.17, 15) is 0 Å². The number of nitrogens with zero attached hydrogens (tertiary/aromatic N) is 1. The Morgan fingerprint density at radius 3 is 2.33 bits per heavy atom. The zero-order chi connectivity index (χ0) is 11.7. The standard InChI is InChI=1S/C12H26N2O/c1-11(2)9-10(12(3,4)15-11)14(5)8-6-7-13/h10H,6-9,13H2,1-5H3. The normalized spacial score (nSPS) is 28.6. The van der Waals surface area contributed by atoms with Gasteiger partial charge in [-0.15, -0.1) is 0 Å². The third-order valence-corrected chi connectivity index (χ3v) is 3.27. The summed E-state index contributed by atoms with van der Waals surface area (Å²) in [5.74, 6) is 0. The van der Waals surface area contributed by atoms with Gasteiger partial charge in [0.1, 0.15) is 0 Å². The molecule has 3 nitrogen and oxygen atoms in total. The molecule has 0 saturated carbocycles. The van der Waals surface area contributed by atoms with Gasteiger partial charge in [0, 0.05) is 6.04 Å². The monoisotopic (exact) mass is 214 g/mol. The molecule has 0 aromatic carbocycles. The van der Waals surface area contributed by atoms with E-state index in [0.717, 1.165) is 25.9 Å². The lowest BCUT2D eigenvalue weighted by molar-refractivity contribution is -0.0786. The molecule has 0 aromatic rings. The van der Waals surface area contributed by atoms with Gasteiger partial charge in [0.25, 0.3) is 0 Å². The lowest BCUT2D eigenvalue weighted by Crippen LogP contribution is -2.45. The average molecular weight is 214 g/mol. The molecule has 0 amide bonds. The molecule has 1 atom stereocenters. The zero-order valence-electron chi connectivity index (χ0n) is 10.8. The summed E-state index contributed by atoms with van der Waals surface area (Å²) in [6.07, 6.45) is 2.16. The second-order valence-corrected chi connectivity index (χ2v) is 5.81. The molecular formula is C12H26N2O. The molecule has 1 aliphatic heterocycles. The van der Waals surface area contributed by atoms with E-state index in [1.165, 1.54) is 0 Å². The number of likely N-dealkylation sites (N-methyl/N-ethyl adjacent to an activating group) is 1. The maximum Gasteiger partial charge on any atom is 0.0789 e. The van der Waals surface area contributed by atoms with Gasteiger partial charge in [0.05, 0.1) is 11.2 Å². The van der Waals surface area contributed by atoms with Crippen LogP contribution in [0.3, 0.4) is 0 Å². The molecule has 0 spiro atoms. The zero-order valence-corrected chi connectivity index (χ0v) is 10.8. The van der Waals surface area contributed by atoms with Crippen LogP contribution in [0.25, 0.3) is 0 Å². The third kappa shape index (κ3) is 3.16. The maximum atomic E-state index is 6.08. The molecule has 1 saturated heterocycles. The molecule has 0 aliphatic carbocycles. The van der Waals surface area contributed by atoms with Crippen molar-refractivity contribution in [1.82, 2.24) is 4.90 Å². The van der Waals surface area contributed by atoms with Gasteiger partial charge in [0.15, 0.2) is 0 Å². The van der Waals surface area contributed by atoms with Crippen molar-refractivity contribution in [3.05, 3.63) is 0 Å². The first-order valence-electron chi connectivity index (χ1n) is 5.89. The summed E-state index contributed by atoms with van der Waals surface area (Å²) in [5.41, 5.74) is 5.49. The molecule has 1 unspecified atom stereocenters. The molecular weight excluding hydrogens is 188 g/mol. The Morgan fingerprint density at radius 2 is 1.93 bits per heavy atom. The molecule has 3 heteroatoms. The minimum Gasteiger partial charge on any atom is -0.368 e. The Hall–Kier alpha value is -0.120. The van der Waals surface area contributed by atoms with Crippen molar-refractivity contribution in [2.45, 2.75) is 57.8 Å². The summed E-state index contributed by atoms with van der Waals surface area (Å²) in [4.78, 5) is 2.39. The summed E-state index contributed by atoms with van der Waals surface area (Å²) in [6, 6.07) is 0.499. The highest BCUT2D eigenvalue weighted by Gasteiger charge is 2.47. The van der Waals surface area contributed by atoms with Crippen molar-refractivity contribution in [1.29, 1.82) is 0 Å². The van der Waals surface area contributed by atoms with Crippen LogP contribution in [-0.2, 0) is 4.74 Å². The molecule has 90 valence electrons. The van der Waals surface area contributed by atoms with Gasteiger partial charge in [0.2, 0.25) is 0 Å². The quantitative estimate of drug-likeness (QED) is 0.773. The first-order chi connectivity index (χ1) is 6.78. The lowest BCUT2D eigenvalue weighted by Gasteiger charge is -2.33. The second kappa shape index (κ2) is 4.40. The molecule has 0 bridgehead atoms. The maximum absolute atomic E-state index is 6.08. The van der Waals surface area contributed by atoms with E-state index in [0.29, 0.717) is 6.04 Å². The Labute approximate surface area is 94.0 Å². The summed E-state index contributed by atoms with van der Waals surface area (Å²) in [5, 5.41) is 0. The van der Waals surface area contributed by atoms with Gasteiger partial charge in [-0.05, 0) is 60.7 Å². The third-order valence-electron chi connectivity index (χ3n) is 3.27. The second-order valence-electron chi connectivity index (χ2n) is 5.81. The topological polar surface area (TPSA) is 38.5 Å². The van der Waals surface area contributed by atoms with Crippen molar-refractivity contribution >= 4 is 0 Å². The SMILES string of the molecule is CN(CCCN)C1CC(C)(C)OC1(C)C. The molecule has 0 aromatic heterocycles. The van der Waals surface area contributed by atoms with Crippen LogP contribution in [0.5, 0.6) is 0 Å². The van der Waals surface area contributed by atoms with Crippen molar-refractivity contribution in [3.63, 3.8) is 0 Å². The predicted molar refractivity (Wildman–Crippen MR) is 63.9 cm³/mol. The number of nitrogens with two attached hydrogens (primary N) is 1. The van der Waals surface area contributed by atoms with E-state index in [-0.39, 0.29) is 11.2 Å². The molecule has 15 heavy (non-hydrogen) atoms. The molecule has 1 heterocycles. The summed E-state index contributed by atoms with van der Waals surface area (Å²) >= 11 is 0. The van der Waals surface area contributed by atoms with Crippen LogP contribution in [0.1, 0.15) is 40.5 Å². The predicted octanol–water partition coefficient (Wildman–Crippen LogP) is 1.61. The minimum absolute atomic E-state index is 0.00510. The van der Waals surface area contributed by atoms with E-state index in [1.807, 2.05) is 0 Å². The molecule has 1 rings (SSSR count). The lowest BCUT2D eigenvalue weighted by atomic mass is 9.93. The summed E-state index contributed by atoms with van der Waals surface area (Å²) in [6.45, 7) is 10.5. The van der Waals surface area contributed by atoms with Crippen LogP contribution >= 0.6 is 0 Å². The van der Waals surface area contributed by atoms with Gasteiger partial charge in [-0.1, -0.05) is 0 Å². The molecule has 0 radical (unpaired) electrons. The van der Waals surface area contributed by atoms with Gasteiger partial charge >= 0.3 is 0 Å². The van der Waals surface area contributed by atoms with Crippen molar-refractivity contribution < 1.29 is 4.74 Å². The van der Waals surface area contributed by atoms with Gasteiger partial charge < -0.3 is 15.4 Å². The van der Waals surface area contributed by atoms with Crippen LogP contribution in [0.2, 0.25) is 0 Å². The van der Waals surface area contributed by atoms with Gasteiger partial charge in [-0.2, -0.15) is 0 Å². The van der Waals surface area contributed by atoms with Crippen molar-refractivity contribution in [2.24, 2.45) is 5.73 Å². The van der Waals surface area contributed by atoms with Crippen molar-refractivity contribution in [2.75, 3.05) is 20.1 Å². The fourth-order valence-electron chi connectivity index (χ4n) is 2.72. The minimum atomic E-state index is -0.0488. The van der Waals surface area contributed by atoms with Crippen LogP contribution in [0.15, 0.2) is 0 Å². The summed E-state index contributed by atoms with van der Waals surface area (Å²) in [7, 11) is 2.17. The Kier molecular flexibility index (Phi) is 3.80. The molecule has 1 fully saturated rings. The highest BCUT2D eigenvalue weighted by atomic mass is 16.5. The van der Waals surface area contributed by atoms with E-state index in [4.69, 9.17) is 10.5 Å². The highest BCUT2D eigenvalue weighted by Crippen LogP contribution is 2.39. The van der Waals surface area contributed by atoms with Crippen LogP contribution in [0, 0.1) is 0 Å². The first kappa shape index (κ1) is 12.9. The molecule has 1 aliphatic rings. The van der Waals surface area contributed by atoms with E-state index >= 15 is 0 Å². The number of hydrogen-bond donors (Lipinski definition) is 1. The van der Waals surface area contributed by atoms with Crippen LogP contribution in [0.4, 0.5) is 0 Å². The Morgan fingerprint density at radius 1 is 1.33 bits per heavy atom. The van der Waals surface area contributed by atoms with E-state index in [1.54, 1.807) is 0 Å². The highest BCUT2D eigenvalue weighted by molar-refractivity contribution is 4.99. The molecule has 2 N–H and O–H groups in total. The van der Waals surface area contributed by atoms with Crippen molar-refractivity contribution in [3.8, 4) is 0 Å². The van der Waals surface area contributed by atoms with Gasteiger partial charge in [-0.3, -0.25) is 0 Å².